The first kappa shape index (κ1) is 14.9. The number of quaternary nitrogens is 1. The number of piperidine rings is 1. The van der Waals surface area contributed by atoms with Crippen molar-refractivity contribution in [3.63, 3.8) is 0 Å². The molecular weight excluding hydrogens is 254 g/mol. The molecule has 0 aromatic heterocycles. The summed E-state index contributed by atoms with van der Waals surface area (Å²) in [5.74, 6) is 0.819. The third kappa shape index (κ3) is 3.73. The van der Waals surface area contributed by atoms with Gasteiger partial charge in [-0.05, 0) is 44.0 Å². The van der Waals surface area contributed by atoms with Gasteiger partial charge >= 0.3 is 5.97 Å². The molecule has 1 N–H and O–H groups in total. The van der Waals surface area contributed by atoms with Gasteiger partial charge in [-0.3, -0.25) is 0 Å². The molecule has 1 aromatic carbocycles. The zero-order valence-electron chi connectivity index (χ0n) is 12.4. The van der Waals surface area contributed by atoms with Gasteiger partial charge in [0.15, 0.2) is 6.04 Å². The van der Waals surface area contributed by atoms with Crippen molar-refractivity contribution in [2.75, 3.05) is 20.3 Å². The van der Waals surface area contributed by atoms with Crippen LogP contribution in [0.5, 0.6) is 5.75 Å². The van der Waals surface area contributed by atoms with Crippen molar-refractivity contribution in [3.05, 3.63) is 29.8 Å². The molecule has 1 saturated heterocycles. The number of ether oxygens (including phenoxy) is 2. The van der Waals surface area contributed by atoms with Crippen molar-refractivity contribution >= 4 is 5.97 Å². The van der Waals surface area contributed by atoms with E-state index in [0.29, 0.717) is 6.61 Å². The van der Waals surface area contributed by atoms with Gasteiger partial charge in [-0.25, -0.2) is 4.79 Å². The van der Waals surface area contributed by atoms with Crippen LogP contribution in [0.3, 0.4) is 0 Å². The van der Waals surface area contributed by atoms with E-state index in [0.717, 1.165) is 31.7 Å². The number of methoxy groups -OCH3 is 1. The zero-order chi connectivity index (χ0) is 14.4. The van der Waals surface area contributed by atoms with Crippen LogP contribution in [0, 0.1) is 0 Å². The largest absolute Gasteiger partial charge is 0.497 e. The molecule has 1 aliphatic heterocycles. The minimum absolute atomic E-state index is 0.00852. The van der Waals surface area contributed by atoms with Crippen molar-refractivity contribution in [1.29, 1.82) is 0 Å². The molecule has 0 bridgehead atoms. The number of benzene rings is 1. The summed E-state index contributed by atoms with van der Waals surface area (Å²) in [6.45, 7) is 4.23. The summed E-state index contributed by atoms with van der Waals surface area (Å²) in [7, 11) is 1.67. The van der Waals surface area contributed by atoms with Crippen LogP contribution in [0.4, 0.5) is 0 Å². The van der Waals surface area contributed by atoms with Crippen molar-refractivity contribution < 1.29 is 19.2 Å². The summed E-state index contributed by atoms with van der Waals surface area (Å²) in [5.41, 5.74) is 1.23. The van der Waals surface area contributed by atoms with Gasteiger partial charge in [0, 0.05) is 12.0 Å². The third-order valence-electron chi connectivity index (χ3n) is 3.89. The van der Waals surface area contributed by atoms with Gasteiger partial charge in [0.05, 0.1) is 20.3 Å². The molecule has 2 rings (SSSR count). The number of nitrogens with one attached hydrogen (secondary N) is 1. The van der Waals surface area contributed by atoms with Crippen LogP contribution in [-0.4, -0.2) is 32.3 Å². The predicted molar refractivity (Wildman–Crippen MR) is 76.8 cm³/mol. The Morgan fingerprint density at radius 1 is 1.30 bits per heavy atom. The number of carbonyl (C=O) groups is 1. The zero-order valence-corrected chi connectivity index (χ0v) is 12.4. The minimum atomic E-state index is -0.0456. The molecule has 0 aliphatic carbocycles. The molecule has 1 aliphatic rings. The number of carbonyl (C=O) groups excluding carboxylic acids is 1. The highest BCUT2D eigenvalue weighted by atomic mass is 16.5. The second-order valence-electron chi connectivity index (χ2n) is 5.23. The first-order valence-electron chi connectivity index (χ1n) is 7.38. The molecule has 4 heteroatoms. The smallest absolute Gasteiger partial charge is 0.364 e. The molecule has 2 atom stereocenters. The lowest BCUT2D eigenvalue weighted by atomic mass is 10.0. The highest BCUT2D eigenvalue weighted by Crippen LogP contribution is 2.11. The Labute approximate surface area is 120 Å². The Morgan fingerprint density at radius 2 is 2.05 bits per heavy atom. The van der Waals surface area contributed by atoms with E-state index < -0.39 is 0 Å². The normalized spacial score (nSPS) is 22.3. The maximum absolute atomic E-state index is 12.0. The molecule has 0 radical (unpaired) electrons. The van der Waals surface area contributed by atoms with Crippen molar-refractivity contribution in [3.8, 4) is 5.75 Å². The molecule has 110 valence electrons. The Balaban J connectivity index is 2.02. The molecule has 0 saturated carbocycles. The maximum Gasteiger partial charge on any atom is 0.364 e. The SMILES string of the molecule is CCOC(=O)[C@H]1CCCC[NH+]1Cc1ccc(OC)cc1. The van der Waals surface area contributed by atoms with Crippen molar-refractivity contribution in [2.45, 2.75) is 38.8 Å². The lowest BCUT2D eigenvalue weighted by Crippen LogP contribution is -3.16. The van der Waals surface area contributed by atoms with Gasteiger partial charge in [0.2, 0.25) is 0 Å². The van der Waals surface area contributed by atoms with Crippen LogP contribution >= 0.6 is 0 Å². The molecule has 4 nitrogen and oxygen atoms in total. The van der Waals surface area contributed by atoms with Gasteiger partial charge in [-0.1, -0.05) is 0 Å². The van der Waals surface area contributed by atoms with Crippen LogP contribution in [-0.2, 0) is 16.1 Å². The molecule has 0 spiro atoms. The summed E-state index contributed by atoms with van der Waals surface area (Å²) in [6.07, 6.45) is 3.24. The van der Waals surface area contributed by atoms with Gasteiger partial charge in [-0.2, -0.15) is 0 Å². The second-order valence-corrected chi connectivity index (χ2v) is 5.23. The van der Waals surface area contributed by atoms with E-state index in [9.17, 15) is 4.79 Å². The van der Waals surface area contributed by atoms with E-state index in [-0.39, 0.29) is 12.0 Å². The van der Waals surface area contributed by atoms with E-state index in [1.54, 1.807) is 7.11 Å². The van der Waals surface area contributed by atoms with Gasteiger partial charge in [0.1, 0.15) is 12.3 Å². The first-order valence-corrected chi connectivity index (χ1v) is 7.38. The number of likely N-dealkylation sites (tertiary alicyclic amines) is 1. The standard InChI is InChI=1S/C16H23NO3/c1-3-20-16(18)15-6-4-5-11-17(15)12-13-7-9-14(19-2)10-8-13/h7-10,15H,3-6,11-12H2,1-2H3/p+1/t15-/m1/s1. The van der Waals surface area contributed by atoms with Crippen LogP contribution in [0.2, 0.25) is 0 Å². The summed E-state index contributed by atoms with van der Waals surface area (Å²) < 4.78 is 10.4. The van der Waals surface area contributed by atoms with E-state index in [1.165, 1.54) is 16.9 Å². The fourth-order valence-corrected chi connectivity index (χ4v) is 2.82. The van der Waals surface area contributed by atoms with Crippen LogP contribution in [0.1, 0.15) is 31.7 Å². The summed E-state index contributed by atoms with van der Waals surface area (Å²) in [5, 5.41) is 0. The number of esters is 1. The van der Waals surface area contributed by atoms with Gasteiger partial charge < -0.3 is 14.4 Å². The summed E-state index contributed by atoms with van der Waals surface area (Å²) in [6, 6.07) is 8.08. The van der Waals surface area contributed by atoms with Gasteiger partial charge in [-0.15, -0.1) is 0 Å². The van der Waals surface area contributed by atoms with E-state index >= 15 is 0 Å². The Bertz CT molecular complexity index is 430. The van der Waals surface area contributed by atoms with Gasteiger partial charge in [0.25, 0.3) is 0 Å². The quantitative estimate of drug-likeness (QED) is 0.823. The number of rotatable bonds is 5. The topological polar surface area (TPSA) is 40.0 Å². The third-order valence-corrected chi connectivity index (χ3v) is 3.89. The summed E-state index contributed by atoms with van der Waals surface area (Å²) >= 11 is 0. The average Bonchev–Trinajstić information content (AvgIpc) is 2.49. The highest BCUT2D eigenvalue weighted by Gasteiger charge is 2.33. The Hall–Kier alpha value is -1.55. The Kier molecular flexibility index (Phi) is 5.41. The molecule has 1 fully saturated rings. The van der Waals surface area contributed by atoms with Crippen molar-refractivity contribution in [2.24, 2.45) is 0 Å². The predicted octanol–water partition coefficient (Wildman–Crippen LogP) is 1.20. The van der Waals surface area contributed by atoms with E-state index in [1.807, 2.05) is 19.1 Å². The molecular formula is C16H24NO3+. The number of hydrogen-bond donors (Lipinski definition) is 1. The first-order chi connectivity index (χ1) is 9.74. The van der Waals surface area contributed by atoms with Crippen molar-refractivity contribution in [1.82, 2.24) is 0 Å². The molecule has 20 heavy (non-hydrogen) atoms. The van der Waals surface area contributed by atoms with Crippen LogP contribution in [0.25, 0.3) is 0 Å². The maximum atomic E-state index is 12.0. The lowest BCUT2D eigenvalue weighted by Gasteiger charge is -2.30. The number of hydrogen-bond acceptors (Lipinski definition) is 3. The monoisotopic (exact) mass is 278 g/mol. The summed E-state index contributed by atoms with van der Waals surface area (Å²) in [4.78, 5) is 13.4. The fraction of sp³-hybridized carbons (Fsp3) is 0.562. The lowest BCUT2D eigenvalue weighted by molar-refractivity contribution is -0.935. The molecule has 1 heterocycles. The van der Waals surface area contributed by atoms with Crippen LogP contribution < -0.4 is 9.64 Å². The Morgan fingerprint density at radius 3 is 2.70 bits per heavy atom. The minimum Gasteiger partial charge on any atom is -0.497 e. The van der Waals surface area contributed by atoms with E-state index in [2.05, 4.69) is 12.1 Å². The fourth-order valence-electron chi connectivity index (χ4n) is 2.82. The molecule has 0 amide bonds. The van der Waals surface area contributed by atoms with E-state index in [4.69, 9.17) is 9.47 Å². The highest BCUT2D eigenvalue weighted by molar-refractivity contribution is 5.74. The molecule has 1 unspecified atom stereocenters. The molecule has 1 aromatic rings. The van der Waals surface area contributed by atoms with Crippen LogP contribution in [0.15, 0.2) is 24.3 Å². The second kappa shape index (κ2) is 7.29. The average molecular weight is 278 g/mol.